The maximum Gasteiger partial charge on any atom is 0.416 e. The van der Waals surface area contributed by atoms with Crippen LogP contribution in [0.4, 0.5) is 13.2 Å². The molecule has 0 saturated heterocycles. The Morgan fingerprint density at radius 2 is 2.06 bits per heavy atom. The summed E-state index contributed by atoms with van der Waals surface area (Å²) in [6, 6.07) is 3.36. The topological polar surface area (TPSA) is 12.0 Å². The van der Waals surface area contributed by atoms with Crippen LogP contribution in [0.1, 0.15) is 31.0 Å². The molecule has 5 heteroatoms. The summed E-state index contributed by atoms with van der Waals surface area (Å²) in [6.07, 6.45) is -4.33. The predicted molar refractivity (Wildman–Crippen MR) is 70.4 cm³/mol. The lowest BCUT2D eigenvalue weighted by atomic mass is 9.99. The van der Waals surface area contributed by atoms with E-state index in [1.165, 1.54) is 6.07 Å². The molecule has 0 saturated carbocycles. The Kier molecular flexibility index (Phi) is 4.99. The zero-order valence-corrected chi connectivity index (χ0v) is 11.8. The smallest absolute Gasteiger partial charge is 0.307 e. The first-order valence-electron chi connectivity index (χ1n) is 5.52. The Morgan fingerprint density at radius 3 is 2.50 bits per heavy atom. The fraction of sp³-hybridized carbons (Fsp3) is 0.385. The van der Waals surface area contributed by atoms with E-state index < -0.39 is 11.7 Å². The second-order valence-electron chi connectivity index (χ2n) is 4.07. The van der Waals surface area contributed by atoms with Crippen molar-refractivity contribution in [1.29, 1.82) is 0 Å². The number of nitrogens with one attached hydrogen (secondary N) is 1. The van der Waals surface area contributed by atoms with Crippen LogP contribution in [0.15, 0.2) is 34.8 Å². The molecule has 1 N–H and O–H groups in total. The normalized spacial score (nSPS) is 13.4. The number of rotatable bonds is 4. The highest BCUT2D eigenvalue weighted by atomic mass is 79.9. The Hall–Kier alpha value is -0.810. The molecule has 0 amide bonds. The van der Waals surface area contributed by atoms with E-state index in [0.29, 0.717) is 16.6 Å². The molecule has 0 aliphatic heterocycles. The summed E-state index contributed by atoms with van der Waals surface area (Å²) in [5.41, 5.74) is 0.681. The van der Waals surface area contributed by atoms with E-state index in [-0.39, 0.29) is 6.04 Å². The van der Waals surface area contributed by atoms with Crippen LogP contribution in [-0.2, 0) is 6.18 Å². The van der Waals surface area contributed by atoms with Gasteiger partial charge in [-0.05, 0) is 37.2 Å². The van der Waals surface area contributed by atoms with Crippen molar-refractivity contribution in [3.63, 3.8) is 0 Å². The molecule has 0 aliphatic carbocycles. The quantitative estimate of drug-likeness (QED) is 0.793. The van der Waals surface area contributed by atoms with Gasteiger partial charge in [-0.3, -0.25) is 0 Å². The van der Waals surface area contributed by atoms with Crippen LogP contribution in [0.3, 0.4) is 0 Å². The first-order chi connectivity index (χ1) is 8.27. The van der Waals surface area contributed by atoms with Gasteiger partial charge in [-0.1, -0.05) is 35.0 Å². The summed E-state index contributed by atoms with van der Waals surface area (Å²) in [4.78, 5) is 0. The van der Waals surface area contributed by atoms with Crippen LogP contribution in [0.2, 0.25) is 0 Å². The van der Waals surface area contributed by atoms with Gasteiger partial charge in [-0.2, -0.15) is 13.2 Å². The van der Waals surface area contributed by atoms with Gasteiger partial charge in [-0.15, -0.1) is 0 Å². The van der Waals surface area contributed by atoms with Crippen molar-refractivity contribution < 1.29 is 13.2 Å². The van der Waals surface area contributed by atoms with Crippen LogP contribution in [0.25, 0.3) is 0 Å². The van der Waals surface area contributed by atoms with Crippen LogP contribution in [-0.4, -0.2) is 6.54 Å². The molecule has 1 unspecified atom stereocenters. The number of benzene rings is 1. The lowest BCUT2D eigenvalue weighted by molar-refractivity contribution is -0.137. The molecule has 0 aliphatic rings. The summed E-state index contributed by atoms with van der Waals surface area (Å²) in [5.74, 6) is 0. The minimum atomic E-state index is -4.33. The maximum atomic E-state index is 12.7. The number of halogens is 4. The summed E-state index contributed by atoms with van der Waals surface area (Å²) < 4.78 is 38.7. The van der Waals surface area contributed by atoms with Gasteiger partial charge in [0.2, 0.25) is 0 Å². The summed E-state index contributed by atoms with van der Waals surface area (Å²) in [6.45, 7) is 8.16. The zero-order valence-electron chi connectivity index (χ0n) is 10.2. The van der Waals surface area contributed by atoms with Crippen LogP contribution in [0.5, 0.6) is 0 Å². The highest BCUT2D eigenvalue weighted by Crippen LogP contribution is 2.35. The van der Waals surface area contributed by atoms with E-state index in [0.717, 1.165) is 17.7 Å². The lowest BCUT2D eigenvalue weighted by Crippen LogP contribution is -2.22. The SMILES string of the molecule is C=C(C)C(NCC)c1cc(C(F)(F)F)ccc1Br. The molecule has 0 fully saturated rings. The van der Waals surface area contributed by atoms with Crippen molar-refractivity contribution in [2.24, 2.45) is 0 Å². The van der Waals surface area contributed by atoms with Gasteiger partial charge in [0.1, 0.15) is 0 Å². The van der Waals surface area contributed by atoms with E-state index in [4.69, 9.17) is 0 Å². The average molecular weight is 322 g/mol. The Labute approximate surface area is 113 Å². The molecule has 1 rings (SSSR count). The van der Waals surface area contributed by atoms with Gasteiger partial charge in [0, 0.05) is 4.47 Å². The molecule has 100 valence electrons. The Morgan fingerprint density at radius 1 is 1.44 bits per heavy atom. The zero-order chi connectivity index (χ0) is 13.9. The molecule has 1 aromatic rings. The molecule has 0 spiro atoms. The molecule has 0 bridgehead atoms. The van der Waals surface area contributed by atoms with Crippen LogP contribution in [0, 0.1) is 0 Å². The predicted octanol–water partition coefficient (Wildman–Crippen LogP) is 4.69. The highest BCUT2D eigenvalue weighted by Gasteiger charge is 2.31. The first-order valence-corrected chi connectivity index (χ1v) is 6.32. The highest BCUT2D eigenvalue weighted by molar-refractivity contribution is 9.10. The van der Waals surface area contributed by atoms with Crippen LogP contribution >= 0.6 is 15.9 Å². The third-order valence-corrected chi connectivity index (χ3v) is 3.26. The van der Waals surface area contributed by atoms with E-state index in [1.807, 2.05) is 6.92 Å². The van der Waals surface area contributed by atoms with E-state index in [2.05, 4.69) is 27.8 Å². The monoisotopic (exact) mass is 321 g/mol. The second-order valence-corrected chi connectivity index (χ2v) is 4.93. The van der Waals surface area contributed by atoms with Gasteiger partial charge in [0.25, 0.3) is 0 Å². The lowest BCUT2D eigenvalue weighted by Gasteiger charge is -2.21. The molecule has 1 atom stereocenters. The molecular formula is C13H15BrF3N. The van der Waals surface area contributed by atoms with Crippen molar-refractivity contribution in [3.8, 4) is 0 Å². The Bertz CT molecular complexity index is 440. The average Bonchev–Trinajstić information content (AvgIpc) is 2.25. The fourth-order valence-electron chi connectivity index (χ4n) is 1.70. The number of hydrogen-bond acceptors (Lipinski definition) is 1. The second kappa shape index (κ2) is 5.89. The van der Waals surface area contributed by atoms with Crippen molar-refractivity contribution in [3.05, 3.63) is 46.0 Å². The minimum absolute atomic E-state index is 0.285. The minimum Gasteiger partial charge on any atom is -0.307 e. The maximum absolute atomic E-state index is 12.7. The molecule has 0 aromatic heterocycles. The van der Waals surface area contributed by atoms with Crippen LogP contribution < -0.4 is 5.32 Å². The molecular weight excluding hydrogens is 307 g/mol. The van der Waals surface area contributed by atoms with Gasteiger partial charge in [0.15, 0.2) is 0 Å². The Balaban J connectivity index is 3.25. The van der Waals surface area contributed by atoms with E-state index in [1.54, 1.807) is 6.92 Å². The van der Waals surface area contributed by atoms with Gasteiger partial charge >= 0.3 is 6.18 Å². The number of alkyl halides is 3. The molecule has 1 aromatic carbocycles. The summed E-state index contributed by atoms with van der Waals surface area (Å²) in [7, 11) is 0. The molecule has 18 heavy (non-hydrogen) atoms. The van der Waals surface area contributed by atoms with Gasteiger partial charge in [0.05, 0.1) is 11.6 Å². The summed E-state index contributed by atoms with van der Waals surface area (Å²) in [5, 5.41) is 3.12. The van der Waals surface area contributed by atoms with Crippen molar-refractivity contribution in [2.75, 3.05) is 6.54 Å². The van der Waals surface area contributed by atoms with Gasteiger partial charge < -0.3 is 5.32 Å². The third-order valence-electron chi connectivity index (χ3n) is 2.54. The van der Waals surface area contributed by atoms with Crippen molar-refractivity contribution in [2.45, 2.75) is 26.1 Å². The number of hydrogen-bond donors (Lipinski definition) is 1. The largest absolute Gasteiger partial charge is 0.416 e. The molecule has 1 nitrogen and oxygen atoms in total. The van der Waals surface area contributed by atoms with Crippen molar-refractivity contribution >= 4 is 15.9 Å². The summed E-state index contributed by atoms with van der Waals surface area (Å²) >= 11 is 3.29. The van der Waals surface area contributed by atoms with Crippen molar-refractivity contribution in [1.82, 2.24) is 5.32 Å². The van der Waals surface area contributed by atoms with Gasteiger partial charge in [-0.25, -0.2) is 0 Å². The molecule has 0 radical (unpaired) electrons. The van der Waals surface area contributed by atoms with E-state index >= 15 is 0 Å². The number of likely N-dealkylation sites (N-methyl/N-ethyl adjacent to an activating group) is 1. The fourth-order valence-corrected chi connectivity index (χ4v) is 2.17. The first kappa shape index (κ1) is 15.2. The van der Waals surface area contributed by atoms with E-state index in [9.17, 15) is 13.2 Å². The molecule has 0 heterocycles. The third kappa shape index (κ3) is 3.59. The standard InChI is InChI=1S/C13H15BrF3N/c1-4-18-12(8(2)3)10-7-9(13(15,16)17)5-6-11(10)14/h5-7,12,18H,2,4H2,1,3H3.